The number of carbonyl (C=O) groups is 1. The summed E-state index contributed by atoms with van der Waals surface area (Å²) in [4.78, 5) is 12.0. The Morgan fingerprint density at radius 2 is 1.95 bits per heavy atom. The summed E-state index contributed by atoms with van der Waals surface area (Å²) in [6.45, 7) is 4.81. The van der Waals surface area contributed by atoms with Crippen molar-refractivity contribution in [3.8, 4) is 5.75 Å². The highest BCUT2D eigenvalue weighted by Crippen LogP contribution is 2.21. The van der Waals surface area contributed by atoms with Gasteiger partial charge in [-0.25, -0.2) is 5.43 Å². The van der Waals surface area contributed by atoms with E-state index in [-0.39, 0.29) is 5.91 Å². The lowest BCUT2D eigenvalue weighted by atomic mass is 9.90. The van der Waals surface area contributed by atoms with E-state index >= 15 is 0 Å². The summed E-state index contributed by atoms with van der Waals surface area (Å²) in [5.41, 5.74) is 4.34. The van der Waals surface area contributed by atoms with Crippen molar-refractivity contribution < 1.29 is 9.53 Å². The fraction of sp³-hybridized carbons (Fsp3) is 0.500. The summed E-state index contributed by atoms with van der Waals surface area (Å²) >= 11 is 0. The van der Waals surface area contributed by atoms with Gasteiger partial charge in [0.25, 0.3) is 5.91 Å². The molecule has 4 nitrogen and oxygen atoms in total. The molecule has 0 unspecified atom stereocenters. The van der Waals surface area contributed by atoms with E-state index in [0.29, 0.717) is 12.2 Å². The third-order valence-corrected chi connectivity index (χ3v) is 3.59. The Kier molecular flexibility index (Phi) is 5.16. The van der Waals surface area contributed by atoms with Crippen molar-refractivity contribution >= 4 is 11.6 Å². The molecule has 0 saturated heterocycles. The van der Waals surface area contributed by atoms with Gasteiger partial charge in [-0.3, -0.25) is 4.79 Å². The molecule has 0 bridgehead atoms. The van der Waals surface area contributed by atoms with Crippen molar-refractivity contribution in [2.24, 2.45) is 11.0 Å². The van der Waals surface area contributed by atoms with Crippen molar-refractivity contribution in [3.63, 3.8) is 0 Å². The molecule has 0 heterocycles. The lowest BCUT2D eigenvalue weighted by Gasteiger charge is -2.18. The van der Waals surface area contributed by atoms with Crippen LogP contribution in [-0.4, -0.2) is 18.2 Å². The van der Waals surface area contributed by atoms with Gasteiger partial charge in [-0.05, 0) is 62.8 Å². The molecule has 1 N–H and O–H groups in total. The lowest BCUT2D eigenvalue weighted by molar-refractivity contribution is 0.0954. The maximum absolute atomic E-state index is 12.0. The van der Waals surface area contributed by atoms with Crippen LogP contribution in [-0.2, 0) is 0 Å². The molecular formula is C16H22N2O2. The summed E-state index contributed by atoms with van der Waals surface area (Å²) in [5.74, 6) is 1.38. The Hall–Kier alpha value is -1.84. The average Bonchev–Trinajstić information content (AvgIpc) is 2.47. The van der Waals surface area contributed by atoms with E-state index in [0.717, 1.165) is 43.1 Å². The summed E-state index contributed by atoms with van der Waals surface area (Å²) in [6, 6.07) is 7.11. The molecule has 1 amide bonds. The van der Waals surface area contributed by atoms with Crippen LogP contribution < -0.4 is 10.2 Å². The standard InChI is InChI=1S/C16H22N2O2/c1-3-20-15-10-6-13(7-11-15)16(19)18-17-14-8-4-12(2)5-9-14/h6-7,10-12H,3-5,8-9H2,1-2H3,(H,18,19). The first-order valence-electron chi connectivity index (χ1n) is 7.27. The van der Waals surface area contributed by atoms with E-state index in [9.17, 15) is 4.79 Å². The largest absolute Gasteiger partial charge is 0.494 e. The molecule has 1 saturated carbocycles. The van der Waals surface area contributed by atoms with Gasteiger partial charge in [-0.2, -0.15) is 5.10 Å². The molecule has 0 radical (unpaired) electrons. The van der Waals surface area contributed by atoms with E-state index in [1.54, 1.807) is 24.3 Å². The van der Waals surface area contributed by atoms with Gasteiger partial charge in [0.2, 0.25) is 0 Å². The Labute approximate surface area is 120 Å². The molecule has 1 aliphatic carbocycles. The zero-order chi connectivity index (χ0) is 14.4. The zero-order valence-corrected chi connectivity index (χ0v) is 12.2. The molecule has 2 rings (SSSR count). The molecule has 1 fully saturated rings. The summed E-state index contributed by atoms with van der Waals surface area (Å²) in [7, 11) is 0. The maximum Gasteiger partial charge on any atom is 0.271 e. The third kappa shape index (κ3) is 4.08. The Balaban J connectivity index is 1.89. The van der Waals surface area contributed by atoms with Crippen LogP contribution in [0.3, 0.4) is 0 Å². The molecule has 108 valence electrons. The number of nitrogens with zero attached hydrogens (tertiary/aromatic N) is 1. The van der Waals surface area contributed by atoms with E-state index in [1.165, 1.54) is 0 Å². The van der Waals surface area contributed by atoms with Gasteiger partial charge in [0.1, 0.15) is 5.75 Å². The summed E-state index contributed by atoms with van der Waals surface area (Å²) in [5, 5.41) is 4.24. The minimum absolute atomic E-state index is 0.167. The van der Waals surface area contributed by atoms with Crippen LogP contribution in [0.2, 0.25) is 0 Å². The minimum Gasteiger partial charge on any atom is -0.494 e. The molecular weight excluding hydrogens is 252 g/mol. The second kappa shape index (κ2) is 7.08. The number of rotatable bonds is 4. The van der Waals surface area contributed by atoms with Gasteiger partial charge in [-0.1, -0.05) is 6.92 Å². The molecule has 1 aromatic rings. The first-order valence-corrected chi connectivity index (χ1v) is 7.27. The Morgan fingerprint density at radius 3 is 2.55 bits per heavy atom. The highest BCUT2D eigenvalue weighted by molar-refractivity contribution is 5.95. The second-order valence-corrected chi connectivity index (χ2v) is 5.26. The van der Waals surface area contributed by atoms with Crippen LogP contribution in [0.1, 0.15) is 49.9 Å². The van der Waals surface area contributed by atoms with E-state index < -0.39 is 0 Å². The number of benzene rings is 1. The third-order valence-electron chi connectivity index (χ3n) is 3.59. The van der Waals surface area contributed by atoms with Crippen LogP contribution >= 0.6 is 0 Å². The number of carbonyl (C=O) groups excluding carboxylic acids is 1. The minimum atomic E-state index is -0.167. The predicted octanol–water partition coefficient (Wildman–Crippen LogP) is 3.38. The van der Waals surface area contributed by atoms with Crippen LogP contribution in [0.15, 0.2) is 29.4 Å². The molecule has 0 atom stereocenters. The van der Waals surface area contributed by atoms with Crippen LogP contribution in [0.25, 0.3) is 0 Å². The highest BCUT2D eigenvalue weighted by atomic mass is 16.5. The molecule has 4 heteroatoms. The number of hydrazone groups is 1. The average molecular weight is 274 g/mol. The van der Waals surface area contributed by atoms with Gasteiger partial charge in [0, 0.05) is 11.3 Å². The van der Waals surface area contributed by atoms with Crippen molar-refractivity contribution in [2.75, 3.05) is 6.61 Å². The number of hydrogen-bond donors (Lipinski definition) is 1. The molecule has 0 aliphatic heterocycles. The van der Waals surface area contributed by atoms with Crippen molar-refractivity contribution in [1.29, 1.82) is 0 Å². The van der Waals surface area contributed by atoms with Crippen LogP contribution in [0, 0.1) is 5.92 Å². The van der Waals surface area contributed by atoms with E-state index in [4.69, 9.17) is 4.74 Å². The first kappa shape index (κ1) is 14.6. The number of ether oxygens (including phenoxy) is 1. The predicted molar refractivity (Wildman–Crippen MR) is 80.1 cm³/mol. The number of nitrogens with one attached hydrogen (secondary N) is 1. The quantitative estimate of drug-likeness (QED) is 0.856. The fourth-order valence-electron chi connectivity index (χ4n) is 2.27. The van der Waals surface area contributed by atoms with Gasteiger partial charge in [0.15, 0.2) is 0 Å². The SMILES string of the molecule is CCOc1ccc(C(=O)NN=C2CCC(C)CC2)cc1. The normalized spacial score (nSPS) is 18.5. The van der Waals surface area contributed by atoms with Crippen LogP contribution in [0.5, 0.6) is 5.75 Å². The molecule has 20 heavy (non-hydrogen) atoms. The van der Waals surface area contributed by atoms with Crippen molar-refractivity contribution in [3.05, 3.63) is 29.8 Å². The molecule has 0 aromatic heterocycles. The topological polar surface area (TPSA) is 50.7 Å². The number of amides is 1. The Morgan fingerprint density at radius 1 is 1.30 bits per heavy atom. The molecule has 1 aliphatic rings. The lowest BCUT2D eigenvalue weighted by Crippen LogP contribution is -2.21. The van der Waals surface area contributed by atoms with Gasteiger partial charge >= 0.3 is 0 Å². The van der Waals surface area contributed by atoms with E-state index in [1.807, 2.05) is 6.92 Å². The van der Waals surface area contributed by atoms with Crippen molar-refractivity contribution in [2.45, 2.75) is 39.5 Å². The number of hydrogen-bond acceptors (Lipinski definition) is 3. The van der Waals surface area contributed by atoms with E-state index in [2.05, 4.69) is 17.5 Å². The van der Waals surface area contributed by atoms with Crippen molar-refractivity contribution in [1.82, 2.24) is 5.43 Å². The van der Waals surface area contributed by atoms with Gasteiger partial charge in [-0.15, -0.1) is 0 Å². The fourth-order valence-corrected chi connectivity index (χ4v) is 2.27. The monoisotopic (exact) mass is 274 g/mol. The molecule has 0 spiro atoms. The smallest absolute Gasteiger partial charge is 0.271 e. The second-order valence-electron chi connectivity index (χ2n) is 5.26. The van der Waals surface area contributed by atoms with Crippen LogP contribution in [0.4, 0.5) is 0 Å². The maximum atomic E-state index is 12.0. The van der Waals surface area contributed by atoms with Gasteiger partial charge < -0.3 is 4.74 Å². The molecule has 1 aromatic carbocycles. The highest BCUT2D eigenvalue weighted by Gasteiger charge is 2.14. The Bertz CT molecular complexity index is 470. The zero-order valence-electron chi connectivity index (χ0n) is 12.2. The van der Waals surface area contributed by atoms with Gasteiger partial charge in [0.05, 0.1) is 6.61 Å². The summed E-state index contributed by atoms with van der Waals surface area (Å²) < 4.78 is 5.35. The first-order chi connectivity index (χ1) is 9.69. The summed E-state index contributed by atoms with van der Waals surface area (Å²) in [6.07, 6.45) is 4.31.